The molecule has 0 fully saturated rings. The standard InChI is InChI=1S/C21H25NO5/c1-4-5-14-22(17-10-7-6-8-11-17)21(23)27-19-13-9-12-18(15-19)26-16-20(24-2)25-3/h4,6-13,15,20H,1,5,14,16H2,2-3H3. The molecule has 0 aliphatic carbocycles. The Morgan fingerprint density at radius 2 is 1.78 bits per heavy atom. The highest BCUT2D eigenvalue weighted by molar-refractivity contribution is 5.89. The molecule has 0 heterocycles. The summed E-state index contributed by atoms with van der Waals surface area (Å²) >= 11 is 0. The number of amides is 1. The molecule has 2 aromatic rings. The van der Waals surface area contributed by atoms with Gasteiger partial charge in [0, 0.05) is 32.5 Å². The van der Waals surface area contributed by atoms with E-state index in [4.69, 9.17) is 18.9 Å². The Balaban J connectivity index is 2.06. The highest BCUT2D eigenvalue weighted by Gasteiger charge is 2.17. The van der Waals surface area contributed by atoms with Crippen molar-refractivity contribution in [2.45, 2.75) is 12.7 Å². The Morgan fingerprint density at radius 1 is 1.07 bits per heavy atom. The number of nitrogens with zero attached hydrogens (tertiary/aromatic N) is 1. The first-order chi connectivity index (χ1) is 13.2. The topological polar surface area (TPSA) is 57.2 Å². The SMILES string of the molecule is C=CCCN(C(=O)Oc1cccc(OCC(OC)OC)c1)c1ccccc1. The summed E-state index contributed by atoms with van der Waals surface area (Å²) in [6.45, 7) is 4.41. The van der Waals surface area contributed by atoms with Gasteiger partial charge in [-0.25, -0.2) is 4.79 Å². The zero-order valence-corrected chi connectivity index (χ0v) is 15.7. The second-order valence-electron chi connectivity index (χ2n) is 5.62. The molecule has 0 aliphatic heterocycles. The van der Waals surface area contributed by atoms with Gasteiger partial charge >= 0.3 is 6.09 Å². The first-order valence-electron chi connectivity index (χ1n) is 8.61. The van der Waals surface area contributed by atoms with Crippen LogP contribution in [0.15, 0.2) is 67.3 Å². The van der Waals surface area contributed by atoms with Crippen LogP contribution in [-0.4, -0.2) is 39.8 Å². The second kappa shape index (κ2) is 11.0. The quantitative estimate of drug-likeness (QED) is 0.461. The van der Waals surface area contributed by atoms with Gasteiger partial charge in [-0.15, -0.1) is 6.58 Å². The summed E-state index contributed by atoms with van der Waals surface area (Å²) in [6.07, 6.45) is 1.48. The lowest BCUT2D eigenvalue weighted by Crippen LogP contribution is -2.34. The van der Waals surface area contributed by atoms with Crippen molar-refractivity contribution < 1.29 is 23.7 Å². The number of anilines is 1. The van der Waals surface area contributed by atoms with Crippen LogP contribution in [0, 0.1) is 0 Å². The molecule has 0 aromatic heterocycles. The van der Waals surface area contributed by atoms with Gasteiger partial charge in [0.2, 0.25) is 0 Å². The molecule has 0 saturated heterocycles. The zero-order chi connectivity index (χ0) is 19.5. The summed E-state index contributed by atoms with van der Waals surface area (Å²) in [7, 11) is 3.08. The average molecular weight is 371 g/mol. The number of benzene rings is 2. The summed E-state index contributed by atoms with van der Waals surface area (Å²) < 4.78 is 21.3. The van der Waals surface area contributed by atoms with Gasteiger partial charge in [-0.05, 0) is 30.7 Å². The van der Waals surface area contributed by atoms with Crippen molar-refractivity contribution in [2.75, 3.05) is 32.3 Å². The highest BCUT2D eigenvalue weighted by Crippen LogP contribution is 2.22. The zero-order valence-electron chi connectivity index (χ0n) is 15.7. The molecule has 0 spiro atoms. The van der Waals surface area contributed by atoms with Gasteiger partial charge < -0.3 is 18.9 Å². The van der Waals surface area contributed by atoms with Crippen LogP contribution in [0.3, 0.4) is 0 Å². The molecule has 0 atom stereocenters. The molecule has 2 aromatic carbocycles. The monoisotopic (exact) mass is 371 g/mol. The van der Waals surface area contributed by atoms with Gasteiger partial charge in [0.25, 0.3) is 0 Å². The smallest absolute Gasteiger partial charge is 0.419 e. The molecule has 27 heavy (non-hydrogen) atoms. The van der Waals surface area contributed by atoms with Crippen molar-refractivity contribution in [3.63, 3.8) is 0 Å². The van der Waals surface area contributed by atoms with E-state index in [0.29, 0.717) is 24.5 Å². The van der Waals surface area contributed by atoms with Crippen LogP contribution >= 0.6 is 0 Å². The summed E-state index contributed by atoms with van der Waals surface area (Å²) in [6, 6.07) is 16.2. The van der Waals surface area contributed by atoms with E-state index in [2.05, 4.69) is 6.58 Å². The minimum absolute atomic E-state index is 0.222. The third-order valence-corrected chi connectivity index (χ3v) is 3.77. The van der Waals surface area contributed by atoms with Crippen LogP contribution in [0.5, 0.6) is 11.5 Å². The van der Waals surface area contributed by atoms with Gasteiger partial charge in [0.1, 0.15) is 18.1 Å². The second-order valence-corrected chi connectivity index (χ2v) is 5.62. The van der Waals surface area contributed by atoms with Crippen molar-refractivity contribution in [3.05, 3.63) is 67.3 Å². The number of carbonyl (C=O) groups is 1. The Morgan fingerprint density at radius 3 is 2.44 bits per heavy atom. The summed E-state index contributed by atoms with van der Waals surface area (Å²) in [5, 5.41) is 0. The Kier molecular flexibility index (Phi) is 8.35. The normalized spacial score (nSPS) is 10.5. The first-order valence-corrected chi connectivity index (χ1v) is 8.61. The van der Waals surface area contributed by atoms with Crippen LogP contribution in [0.1, 0.15) is 6.42 Å². The molecule has 0 bridgehead atoms. The summed E-state index contributed by atoms with van der Waals surface area (Å²) in [5.41, 5.74) is 0.764. The Hall–Kier alpha value is -2.83. The van der Waals surface area contributed by atoms with E-state index < -0.39 is 12.4 Å². The number of methoxy groups -OCH3 is 2. The predicted octanol–water partition coefficient (Wildman–Crippen LogP) is 4.27. The number of para-hydroxylation sites is 1. The Bertz CT molecular complexity index is 716. The van der Waals surface area contributed by atoms with Gasteiger partial charge in [-0.3, -0.25) is 4.90 Å². The maximum atomic E-state index is 12.7. The highest BCUT2D eigenvalue weighted by atomic mass is 16.7. The van der Waals surface area contributed by atoms with Crippen molar-refractivity contribution in [1.29, 1.82) is 0 Å². The molecule has 6 nitrogen and oxygen atoms in total. The van der Waals surface area contributed by atoms with Crippen molar-refractivity contribution >= 4 is 11.8 Å². The van der Waals surface area contributed by atoms with Crippen molar-refractivity contribution in [3.8, 4) is 11.5 Å². The van der Waals surface area contributed by atoms with Crippen molar-refractivity contribution in [2.24, 2.45) is 0 Å². The minimum atomic E-state index is -0.469. The average Bonchev–Trinajstić information content (AvgIpc) is 2.70. The van der Waals surface area contributed by atoms with Gasteiger partial charge in [-0.2, -0.15) is 0 Å². The fourth-order valence-electron chi connectivity index (χ4n) is 2.33. The maximum absolute atomic E-state index is 12.7. The van der Waals surface area contributed by atoms with Gasteiger partial charge in [-0.1, -0.05) is 30.3 Å². The van der Waals surface area contributed by atoms with E-state index in [1.54, 1.807) is 35.2 Å². The fraction of sp³-hybridized carbons (Fsp3) is 0.286. The minimum Gasteiger partial charge on any atom is -0.488 e. The van der Waals surface area contributed by atoms with Crippen LogP contribution in [-0.2, 0) is 9.47 Å². The van der Waals surface area contributed by atoms with Crippen LogP contribution in [0.2, 0.25) is 0 Å². The van der Waals surface area contributed by atoms with Crippen LogP contribution < -0.4 is 14.4 Å². The summed E-state index contributed by atoms with van der Waals surface area (Å²) in [4.78, 5) is 14.2. The molecule has 0 radical (unpaired) electrons. The lowest BCUT2D eigenvalue weighted by atomic mass is 10.3. The maximum Gasteiger partial charge on any atom is 0.419 e. The van der Waals surface area contributed by atoms with E-state index in [-0.39, 0.29) is 6.61 Å². The lowest BCUT2D eigenvalue weighted by Gasteiger charge is -2.21. The van der Waals surface area contributed by atoms with E-state index in [1.165, 1.54) is 14.2 Å². The molecule has 144 valence electrons. The molecule has 2 rings (SSSR count). The van der Waals surface area contributed by atoms with Crippen molar-refractivity contribution in [1.82, 2.24) is 0 Å². The van der Waals surface area contributed by atoms with Crippen LogP contribution in [0.25, 0.3) is 0 Å². The summed E-state index contributed by atoms with van der Waals surface area (Å²) in [5.74, 6) is 0.945. The van der Waals surface area contributed by atoms with Gasteiger partial charge in [0.05, 0.1) is 0 Å². The molecule has 0 unspecified atom stereocenters. The number of carbonyl (C=O) groups excluding carboxylic acids is 1. The third kappa shape index (κ3) is 6.44. The third-order valence-electron chi connectivity index (χ3n) is 3.77. The fourth-order valence-corrected chi connectivity index (χ4v) is 2.33. The molecule has 0 saturated carbocycles. The number of hydrogen-bond acceptors (Lipinski definition) is 5. The van der Waals surface area contributed by atoms with E-state index in [1.807, 2.05) is 30.3 Å². The van der Waals surface area contributed by atoms with Gasteiger partial charge in [0.15, 0.2) is 6.29 Å². The first kappa shape index (κ1) is 20.5. The molecular weight excluding hydrogens is 346 g/mol. The molecule has 6 heteroatoms. The largest absolute Gasteiger partial charge is 0.488 e. The van der Waals surface area contributed by atoms with E-state index >= 15 is 0 Å². The number of ether oxygens (including phenoxy) is 4. The number of rotatable bonds is 10. The Labute approximate surface area is 159 Å². The number of hydrogen-bond donors (Lipinski definition) is 0. The van der Waals surface area contributed by atoms with E-state index in [0.717, 1.165) is 5.69 Å². The molecule has 0 aliphatic rings. The molecular formula is C21H25NO5. The molecule has 1 amide bonds. The predicted molar refractivity (Wildman–Crippen MR) is 104 cm³/mol. The van der Waals surface area contributed by atoms with Crippen LogP contribution in [0.4, 0.5) is 10.5 Å². The lowest BCUT2D eigenvalue weighted by molar-refractivity contribution is -0.121. The molecule has 0 N–H and O–H groups in total. The van der Waals surface area contributed by atoms with E-state index in [9.17, 15) is 4.79 Å².